The van der Waals surface area contributed by atoms with Gasteiger partial charge in [0.2, 0.25) is 0 Å². The molecule has 1 aromatic heterocycles. The van der Waals surface area contributed by atoms with Crippen molar-refractivity contribution >= 4 is 11.7 Å². The Morgan fingerprint density at radius 1 is 1.35 bits per heavy atom. The lowest BCUT2D eigenvalue weighted by Gasteiger charge is -2.19. The van der Waals surface area contributed by atoms with Gasteiger partial charge in [-0.15, -0.1) is 0 Å². The smallest absolute Gasteiger partial charge is 0.252 e. The van der Waals surface area contributed by atoms with Gasteiger partial charge in [-0.25, -0.2) is 4.98 Å². The van der Waals surface area contributed by atoms with Crippen LogP contribution in [0.5, 0.6) is 0 Å². The molecule has 0 saturated heterocycles. The van der Waals surface area contributed by atoms with Crippen LogP contribution in [0.2, 0.25) is 0 Å². The minimum Gasteiger partial charge on any atom is -0.391 e. The van der Waals surface area contributed by atoms with Crippen LogP contribution < -0.4 is 10.2 Å². The number of aliphatic hydroxyl groups is 1. The molecule has 0 aliphatic heterocycles. The third-order valence-electron chi connectivity index (χ3n) is 3.34. The minimum atomic E-state index is -0.526. The van der Waals surface area contributed by atoms with Gasteiger partial charge in [-0.3, -0.25) is 4.79 Å². The number of aromatic nitrogens is 1. The maximum Gasteiger partial charge on any atom is 0.252 e. The molecule has 0 spiro atoms. The molecular weight excluding hydrogens is 254 g/mol. The monoisotopic (exact) mass is 279 g/mol. The lowest BCUT2D eigenvalue weighted by molar-refractivity contribution is 0.0871. The van der Waals surface area contributed by atoms with E-state index in [9.17, 15) is 9.90 Å². The number of aliphatic hydroxyl groups excluding tert-OH is 1. The van der Waals surface area contributed by atoms with E-state index in [0.717, 1.165) is 18.9 Å². The van der Waals surface area contributed by atoms with E-state index >= 15 is 0 Å². The van der Waals surface area contributed by atoms with E-state index < -0.39 is 6.10 Å². The van der Waals surface area contributed by atoms with Gasteiger partial charge in [0.25, 0.3) is 5.91 Å². The maximum absolute atomic E-state index is 11.9. The molecule has 0 fully saturated rings. The molecule has 1 unspecified atom stereocenters. The highest BCUT2D eigenvalue weighted by Gasteiger charge is 2.12. The van der Waals surface area contributed by atoms with Crippen LogP contribution in [0.3, 0.4) is 0 Å². The van der Waals surface area contributed by atoms with E-state index in [2.05, 4.69) is 29.0 Å². The Balaban J connectivity index is 2.62. The third kappa shape index (κ3) is 4.49. The molecule has 2 N–H and O–H groups in total. The van der Waals surface area contributed by atoms with Crippen LogP contribution in [0.4, 0.5) is 5.82 Å². The van der Waals surface area contributed by atoms with Crippen LogP contribution in [-0.4, -0.2) is 41.7 Å². The first kappa shape index (κ1) is 16.4. The zero-order chi connectivity index (χ0) is 15.1. The van der Waals surface area contributed by atoms with Crippen LogP contribution in [0, 0.1) is 5.92 Å². The minimum absolute atomic E-state index is 0.124. The average Bonchev–Trinajstić information content (AvgIpc) is 2.46. The molecule has 20 heavy (non-hydrogen) atoms. The first-order valence-corrected chi connectivity index (χ1v) is 7.16. The van der Waals surface area contributed by atoms with Gasteiger partial charge in [0.1, 0.15) is 5.82 Å². The third-order valence-corrected chi connectivity index (χ3v) is 3.34. The van der Waals surface area contributed by atoms with Crippen LogP contribution in [0.15, 0.2) is 18.3 Å². The number of carbonyl (C=O) groups is 1. The highest BCUT2D eigenvalue weighted by Crippen LogP contribution is 2.10. The molecule has 0 radical (unpaired) electrons. The fourth-order valence-electron chi connectivity index (χ4n) is 1.79. The average molecular weight is 279 g/mol. The molecule has 1 amide bonds. The number of pyridine rings is 1. The fraction of sp³-hybridized carbons (Fsp3) is 0.600. The zero-order valence-electron chi connectivity index (χ0n) is 12.8. The first-order chi connectivity index (χ1) is 9.49. The van der Waals surface area contributed by atoms with Crippen LogP contribution >= 0.6 is 0 Å². The van der Waals surface area contributed by atoms with E-state index in [1.807, 2.05) is 19.9 Å². The van der Waals surface area contributed by atoms with Crippen molar-refractivity contribution < 1.29 is 9.90 Å². The van der Waals surface area contributed by atoms with E-state index in [-0.39, 0.29) is 18.4 Å². The Morgan fingerprint density at radius 3 is 2.45 bits per heavy atom. The number of rotatable bonds is 7. The highest BCUT2D eigenvalue weighted by molar-refractivity contribution is 5.94. The number of amides is 1. The van der Waals surface area contributed by atoms with Crippen molar-refractivity contribution in [3.8, 4) is 0 Å². The van der Waals surface area contributed by atoms with Crippen molar-refractivity contribution in [2.24, 2.45) is 5.92 Å². The topological polar surface area (TPSA) is 65.5 Å². The number of anilines is 1. The summed E-state index contributed by atoms with van der Waals surface area (Å²) in [4.78, 5) is 18.3. The largest absolute Gasteiger partial charge is 0.391 e. The lowest BCUT2D eigenvalue weighted by atomic mass is 10.1. The fourth-order valence-corrected chi connectivity index (χ4v) is 1.79. The Kier molecular flexibility index (Phi) is 6.45. The van der Waals surface area contributed by atoms with Crippen molar-refractivity contribution in [2.75, 3.05) is 24.5 Å². The Bertz CT molecular complexity index is 414. The first-order valence-electron chi connectivity index (χ1n) is 7.16. The van der Waals surface area contributed by atoms with E-state index in [4.69, 9.17) is 0 Å². The molecule has 0 saturated carbocycles. The quantitative estimate of drug-likeness (QED) is 0.797. The van der Waals surface area contributed by atoms with E-state index in [1.54, 1.807) is 12.3 Å². The van der Waals surface area contributed by atoms with Crippen molar-refractivity contribution in [1.82, 2.24) is 10.3 Å². The predicted octanol–water partition coefficient (Wildman–Crippen LogP) is 1.67. The maximum atomic E-state index is 11.9. The van der Waals surface area contributed by atoms with Gasteiger partial charge < -0.3 is 15.3 Å². The number of hydrogen-bond donors (Lipinski definition) is 2. The number of hydrogen-bond acceptors (Lipinski definition) is 4. The van der Waals surface area contributed by atoms with Gasteiger partial charge >= 0.3 is 0 Å². The van der Waals surface area contributed by atoms with Gasteiger partial charge in [0, 0.05) is 25.8 Å². The number of nitrogens with one attached hydrogen (secondary N) is 1. The molecular formula is C15H25N3O2. The SMILES string of the molecule is CCN(CC)c1ccc(C(=O)NCC(O)C(C)C)cn1. The second kappa shape index (κ2) is 7.85. The van der Waals surface area contributed by atoms with E-state index in [0.29, 0.717) is 5.56 Å². The summed E-state index contributed by atoms with van der Waals surface area (Å²) in [5, 5.41) is 12.4. The Hall–Kier alpha value is -1.62. The lowest BCUT2D eigenvalue weighted by Crippen LogP contribution is -2.34. The normalized spacial score (nSPS) is 12.3. The van der Waals surface area contributed by atoms with Crippen LogP contribution in [0.1, 0.15) is 38.1 Å². The van der Waals surface area contributed by atoms with Crippen molar-refractivity contribution in [1.29, 1.82) is 0 Å². The second-order valence-corrected chi connectivity index (χ2v) is 5.10. The summed E-state index contributed by atoms with van der Waals surface area (Å²) in [5.41, 5.74) is 0.511. The molecule has 1 aromatic rings. The van der Waals surface area contributed by atoms with Gasteiger partial charge in [-0.1, -0.05) is 13.8 Å². The Morgan fingerprint density at radius 2 is 2.00 bits per heavy atom. The summed E-state index contributed by atoms with van der Waals surface area (Å²) in [7, 11) is 0. The number of nitrogens with zero attached hydrogens (tertiary/aromatic N) is 2. The van der Waals surface area contributed by atoms with Crippen molar-refractivity contribution in [3.05, 3.63) is 23.9 Å². The standard InChI is InChI=1S/C15H25N3O2/c1-5-18(6-2)14-8-7-12(9-16-14)15(20)17-10-13(19)11(3)4/h7-9,11,13,19H,5-6,10H2,1-4H3,(H,17,20). The zero-order valence-corrected chi connectivity index (χ0v) is 12.8. The van der Waals surface area contributed by atoms with Crippen LogP contribution in [0.25, 0.3) is 0 Å². The van der Waals surface area contributed by atoms with Crippen molar-refractivity contribution in [2.45, 2.75) is 33.8 Å². The van der Waals surface area contributed by atoms with Gasteiger partial charge in [-0.2, -0.15) is 0 Å². The van der Waals surface area contributed by atoms with Gasteiger partial charge in [0.05, 0.1) is 11.7 Å². The molecule has 112 valence electrons. The second-order valence-electron chi connectivity index (χ2n) is 5.10. The molecule has 5 nitrogen and oxygen atoms in total. The summed E-state index contributed by atoms with van der Waals surface area (Å²) < 4.78 is 0. The molecule has 0 bridgehead atoms. The molecule has 0 aliphatic rings. The van der Waals surface area contributed by atoms with Gasteiger partial charge in [-0.05, 0) is 31.9 Å². The molecule has 0 aromatic carbocycles. The summed E-state index contributed by atoms with van der Waals surface area (Å²) in [6.07, 6.45) is 1.05. The molecule has 5 heteroatoms. The van der Waals surface area contributed by atoms with E-state index in [1.165, 1.54) is 0 Å². The summed E-state index contributed by atoms with van der Waals surface area (Å²) in [6, 6.07) is 3.61. The highest BCUT2D eigenvalue weighted by atomic mass is 16.3. The molecule has 1 atom stereocenters. The molecule has 0 aliphatic carbocycles. The summed E-state index contributed by atoms with van der Waals surface area (Å²) in [5.74, 6) is 0.788. The van der Waals surface area contributed by atoms with Crippen LogP contribution in [-0.2, 0) is 0 Å². The molecule has 1 heterocycles. The Labute approximate surface area is 121 Å². The van der Waals surface area contributed by atoms with Gasteiger partial charge in [0.15, 0.2) is 0 Å². The summed E-state index contributed by atoms with van der Waals surface area (Å²) in [6.45, 7) is 9.99. The van der Waals surface area contributed by atoms with Crippen molar-refractivity contribution in [3.63, 3.8) is 0 Å². The summed E-state index contributed by atoms with van der Waals surface area (Å²) >= 11 is 0. The number of carbonyl (C=O) groups excluding carboxylic acids is 1. The molecule has 1 rings (SSSR count). The predicted molar refractivity (Wildman–Crippen MR) is 81.0 cm³/mol.